The summed E-state index contributed by atoms with van der Waals surface area (Å²) in [6, 6.07) is 1.86. The number of rotatable bonds is 2. The molecule has 0 radical (unpaired) electrons. The van der Waals surface area contributed by atoms with Gasteiger partial charge in [0.15, 0.2) is 10.8 Å². The van der Waals surface area contributed by atoms with Crippen LogP contribution in [0.3, 0.4) is 0 Å². The summed E-state index contributed by atoms with van der Waals surface area (Å²) in [7, 11) is 1.35. The first-order valence-corrected chi connectivity index (χ1v) is 5.12. The van der Waals surface area contributed by atoms with Gasteiger partial charge in [0.05, 0.1) is 19.6 Å². The van der Waals surface area contributed by atoms with E-state index in [2.05, 4.69) is 9.72 Å². The van der Waals surface area contributed by atoms with E-state index in [-0.39, 0.29) is 5.97 Å². The molecule has 0 saturated heterocycles. The van der Waals surface area contributed by atoms with Crippen LogP contribution in [0.5, 0.6) is 0 Å². The number of aryl methyl sites for hydroxylation is 1. The molecule has 4 nitrogen and oxygen atoms in total. The standard InChI is InChI=1S/C10H9NO3S/c1-6-3-4-14-8(6)9-11-5-7(15-9)10(12)13-2/h3-5H,1-2H3. The van der Waals surface area contributed by atoms with E-state index in [1.54, 1.807) is 6.26 Å². The van der Waals surface area contributed by atoms with E-state index in [0.717, 1.165) is 5.56 Å². The second-order valence-corrected chi connectivity index (χ2v) is 3.98. The number of furan rings is 1. The molecule has 0 N–H and O–H groups in total. The molecule has 78 valence electrons. The molecule has 0 fully saturated rings. The van der Waals surface area contributed by atoms with Gasteiger partial charge in [-0.2, -0.15) is 0 Å². The van der Waals surface area contributed by atoms with Crippen molar-refractivity contribution in [3.05, 3.63) is 29.0 Å². The second-order valence-electron chi connectivity index (χ2n) is 2.95. The van der Waals surface area contributed by atoms with Crippen molar-refractivity contribution in [1.29, 1.82) is 0 Å². The van der Waals surface area contributed by atoms with E-state index in [0.29, 0.717) is 15.6 Å². The van der Waals surface area contributed by atoms with Crippen LogP contribution in [0.1, 0.15) is 15.2 Å². The van der Waals surface area contributed by atoms with E-state index in [1.807, 2.05) is 13.0 Å². The number of thiazole rings is 1. The van der Waals surface area contributed by atoms with Crippen LogP contribution in [0, 0.1) is 6.92 Å². The molecule has 0 spiro atoms. The summed E-state index contributed by atoms with van der Waals surface area (Å²) < 4.78 is 9.87. The van der Waals surface area contributed by atoms with Gasteiger partial charge in [0, 0.05) is 0 Å². The van der Waals surface area contributed by atoms with Gasteiger partial charge in [0.2, 0.25) is 0 Å². The third kappa shape index (κ3) is 1.78. The number of nitrogens with zero attached hydrogens (tertiary/aromatic N) is 1. The zero-order chi connectivity index (χ0) is 10.8. The van der Waals surface area contributed by atoms with Crippen LogP contribution in [0.2, 0.25) is 0 Å². The number of hydrogen-bond acceptors (Lipinski definition) is 5. The van der Waals surface area contributed by atoms with Crippen molar-refractivity contribution in [1.82, 2.24) is 4.98 Å². The molecule has 2 aromatic heterocycles. The molecule has 0 aliphatic heterocycles. The maximum Gasteiger partial charge on any atom is 0.349 e. The summed E-state index contributed by atoms with van der Waals surface area (Å²) in [5.41, 5.74) is 1.00. The highest BCUT2D eigenvalue weighted by Gasteiger charge is 2.14. The zero-order valence-corrected chi connectivity index (χ0v) is 9.13. The molecule has 0 aromatic carbocycles. The van der Waals surface area contributed by atoms with Gasteiger partial charge in [-0.05, 0) is 18.6 Å². The summed E-state index contributed by atoms with van der Waals surface area (Å²) in [4.78, 5) is 15.8. The Balaban J connectivity index is 2.36. The molecular formula is C10H9NO3S. The Morgan fingerprint density at radius 3 is 3.00 bits per heavy atom. The third-order valence-electron chi connectivity index (χ3n) is 1.95. The van der Waals surface area contributed by atoms with E-state index >= 15 is 0 Å². The molecule has 5 heteroatoms. The number of aromatic nitrogens is 1. The lowest BCUT2D eigenvalue weighted by atomic mass is 10.3. The topological polar surface area (TPSA) is 52.3 Å². The maximum absolute atomic E-state index is 11.2. The van der Waals surface area contributed by atoms with Crippen LogP contribution in [0.15, 0.2) is 22.9 Å². The van der Waals surface area contributed by atoms with Crippen LogP contribution in [-0.4, -0.2) is 18.1 Å². The van der Waals surface area contributed by atoms with E-state index in [1.165, 1.54) is 24.6 Å². The number of esters is 1. The first kappa shape index (κ1) is 9.92. The first-order chi connectivity index (χ1) is 7.22. The quantitative estimate of drug-likeness (QED) is 0.734. The van der Waals surface area contributed by atoms with Gasteiger partial charge in [0.25, 0.3) is 0 Å². The third-order valence-corrected chi connectivity index (χ3v) is 2.92. The molecule has 0 aliphatic rings. The molecule has 0 amide bonds. The molecular weight excluding hydrogens is 214 g/mol. The fourth-order valence-corrected chi connectivity index (χ4v) is 2.05. The average molecular weight is 223 g/mol. The van der Waals surface area contributed by atoms with E-state index in [4.69, 9.17) is 4.42 Å². The lowest BCUT2D eigenvalue weighted by Gasteiger charge is -1.92. The Kier molecular flexibility index (Phi) is 2.55. The SMILES string of the molecule is COC(=O)c1cnc(-c2occc2C)s1. The Bertz CT molecular complexity index is 486. The molecule has 15 heavy (non-hydrogen) atoms. The van der Waals surface area contributed by atoms with Crippen molar-refractivity contribution >= 4 is 17.3 Å². The van der Waals surface area contributed by atoms with Gasteiger partial charge < -0.3 is 9.15 Å². The summed E-state index contributed by atoms with van der Waals surface area (Å²) in [5, 5.41) is 0.692. The monoisotopic (exact) mass is 223 g/mol. The van der Waals surface area contributed by atoms with Gasteiger partial charge in [0.1, 0.15) is 4.88 Å². The molecule has 0 bridgehead atoms. The van der Waals surface area contributed by atoms with E-state index in [9.17, 15) is 4.79 Å². The second kappa shape index (κ2) is 3.86. The Labute approximate surface area is 90.5 Å². The predicted molar refractivity (Wildman–Crippen MR) is 55.9 cm³/mol. The number of ether oxygens (including phenoxy) is 1. The minimum atomic E-state index is -0.372. The van der Waals surface area contributed by atoms with Gasteiger partial charge in [-0.3, -0.25) is 0 Å². The Morgan fingerprint density at radius 1 is 1.60 bits per heavy atom. The first-order valence-electron chi connectivity index (χ1n) is 4.31. The largest absolute Gasteiger partial charge is 0.465 e. The maximum atomic E-state index is 11.2. The lowest BCUT2D eigenvalue weighted by molar-refractivity contribution is 0.0606. The van der Waals surface area contributed by atoms with E-state index < -0.39 is 0 Å². The van der Waals surface area contributed by atoms with Crippen LogP contribution in [-0.2, 0) is 4.74 Å². The zero-order valence-electron chi connectivity index (χ0n) is 8.31. The van der Waals surface area contributed by atoms with Crippen molar-refractivity contribution in [3.8, 4) is 10.8 Å². The minimum Gasteiger partial charge on any atom is -0.465 e. The summed E-state index contributed by atoms with van der Waals surface area (Å²) in [5.74, 6) is 0.332. The fourth-order valence-electron chi connectivity index (χ4n) is 1.17. The summed E-state index contributed by atoms with van der Waals surface area (Å²) in [6.07, 6.45) is 3.09. The van der Waals surface area contributed by atoms with Crippen molar-refractivity contribution in [2.75, 3.05) is 7.11 Å². The van der Waals surface area contributed by atoms with Crippen LogP contribution in [0.25, 0.3) is 10.8 Å². The van der Waals surface area contributed by atoms with Crippen molar-refractivity contribution in [3.63, 3.8) is 0 Å². The normalized spacial score (nSPS) is 10.3. The van der Waals surface area contributed by atoms with Crippen molar-refractivity contribution in [2.24, 2.45) is 0 Å². The van der Waals surface area contributed by atoms with Crippen molar-refractivity contribution in [2.45, 2.75) is 6.92 Å². The minimum absolute atomic E-state index is 0.372. The highest BCUT2D eigenvalue weighted by Crippen LogP contribution is 2.28. The predicted octanol–water partition coefficient (Wildman–Crippen LogP) is 2.50. The van der Waals surface area contributed by atoms with Gasteiger partial charge in [-0.25, -0.2) is 9.78 Å². The number of carbonyl (C=O) groups is 1. The lowest BCUT2D eigenvalue weighted by Crippen LogP contribution is -1.96. The molecule has 2 aromatic rings. The molecule has 2 heterocycles. The highest BCUT2D eigenvalue weighted by atomic mass is 32.1. The molecule has 0 atom stereocenters. The van der Waals surface area contributed by atoms with Gasteiger partial charge in [-0.15, -0.1) is 11.3 Å². The van der Waals surface area contributed by atoms with Gasteiger partial charge >= 0.3 is 5.97 Å². The molecule has 0 unspecified atom stereocenters. The average Bonchev–Trinajstić information content (AvgIpc) is 2.84. The Hall–Kier alpha value is -1.62. The molecule has 0 saturated carbocycles. The number of carbonyl (C=O) groups excluding carboxylic acids is 1. The highest BCUT2D eigenvalue weighted by molar-refractivity contribution is 7.16. The fraction of sp³-hybridized carbons (Fsp3) is 0.200. The van der Waals surface area contributed by atoms with Crippen LogP contribution in [0.4, 0.5) is 0 Å². The van der Waals surface area contributed by atoms with Crippen molar-refractivity contribution < 1.29 is 13.9 Å². The number of methoxy groups -OCH3 is 1. The van der Waals surface area contributed by atoms with Gasteiger partial charge in [-0.1, -0.05) is 0 Å². The smallest absolute Gasteiger partial charge is 0.349 e. The number of hydrogen-bond donors (Lipinski definition) is 0. The van der Waals surface area contributed by atoms with Crippen LogP contribution < -0.4 is 0 Å². The molecule has 0 aliphatic carbocycles. The summed E-state index contributed by atoms with van der Waals surface area (Å²) in [6.45, 7) is 1.93. The summed E-state index contributed by atoms with van der Waals surface area (Å²) >= 11 is 1.26. The Morgan fingerprint density at radius 2 is 2.40 bits per heavy atom. The van der Waals surface area contributed by atoms with Crippen LogP contribution >= 0.6 is 11.3 Å². The molecule has 2 rings (SSSR count).